The van der Waals surface area contributed by atoms with Crippen LogP contribution in [0.25, 0.3) is 11.3 Å². The normalized spacial score (nSPS) is 10.7. The first-order valence-electron chi connectivity index (χ1n) is 4.77. The molecule has 0 fully saturated rings. The molecule has 2 aromatic rings. The van der Waals surface area contributed by atoms with Crippen LogP contribution >= 0.6 is 0 Å². The number of nitrogens with zero attached hydrogens (tertiary/aromatic N) is 3. The minimum atomic E-state index is -0.915. The molecule has 0 unspecified atom stereocenters. The lowest BCUT2D eigenvalue weighted by Gasteiger charge is -1.98. The van der Waals surface area contributed by atoms with Crippen LogP contribution in [0.5, 0.6) is 0 Å². The molecule has 2 N–H and O–H groups in total. The average molecular weight is 224 g/mol. The van der Waals surface area contributed by atoms with Gasteiger partial charge >= 0.3 is 0 Å². The zero-order valence-electron chi connectivity index (χ0n) is 8.40. The first-order chi connectivity index (χ1) is 7.72. The van der Waals surface area contributed by atoms with E-state index in [1.54, 1.807) is 0 Å². The van der Waals surface area contributed by atoms with E-state index in [2.05, 4.69) is 10.3 Å². The molecule has 16 heavy (non-hydrogen) atoms. The van der Waals surface area contributed by atoms with Gasteiger partial charge in [0.15, 0.2) is 11.6 Å². The van der Waals surface area contributed by atoms with Crippen molar-refractivity contribution >= 4 is 0 Å². The maximum absolute atomic E-state index is 13.4. The van der Waals surface area contributed by atoms with Gasteiger partial charge in [0.25, 0.3) is 0 Å². The average Bonchev–Trinajstić information content (AvgIpc) is 2.71. The molecule has 4 nitrogen and oxygen atoms in total. The Kier molecular flexibility index (Phi) is 2.91. The van der Waals surface area contributed by atoms with Crippen molar-refractivity contribution in [1.29, 1.82) is 0 Å². The molecule has 6 heteroatoms. The lowest BCUT2D eigenvalue weighted by Crippen LogP contribution is -2.10. The van der Waals surface area contributed by atoms with E-state index in [0.717, 1.165) is 6.07 Å². The van der Waals surface area contributed by atoms with Gasteiger partial charge in [-0.15, -0.1) is 5.10 Å². The van der Waals surface area contributed by atoms with Gasteiger partial charge in [-0.3, -0.25) is 4.68 Å². The van der Waals surface area contributed by atoms with Crippen LogP contribution in [0.15, 0.2) is 24.4 Å². The fraction of sp³-hybridized carbons (Fsp3) is 0.200. The van der Waals surface area contributed by atoms with E-state index < -0.39 is 11.6 Å². The summed E-state index contributed by atoms with van der Waals surface area (Å²) in [6.07, 6.45) is 1.53. The van der Waals surface area contributed by atoms with E-state index in [9.17, 15) is 8.78 Å². The molecule has 1 aromatic heterocycles. The van der Waals surface area contributed by atoms with Gasteiger partial charge in [0.2, 0.25) is 0 Å². The van der Waals surface area contributed by atoms with Crippen molar-refractivity contribution in [3.05, 3.63) is 36.0 Å². The highest BCUT2D eigenvalue weighted by Gasteiger charge is 2.12. The molecule has 0 spiro atoms. The fourth-order valence-electron chi connectivity index (χ4n) is 1.36. The van der Waals surface area contributed by atoms with Crippen LogP contribution in [-0.2, 0) is 6.54 Å². The first kappa shape index (κ1) is 10.7. The van der Waals surface area contributed by atoms with E-state index in [1.807, 2.05) is 0 Å². The maximum atomic E-state index is 13.4. The van der Waals surface area contributed by atoms with Crippen molar-refractivity contribution in [2.45, 2.75) is 6.54 Å². The van der Waals surface area contributed by atoms with Crippen molar-refractivity contribution in [3.8, 4) is 11.3 Å². The van der Waals surface area contributed by atoms with E-state index in [1.165, 1.54) is 23.0 Å². The predicted molar refractivity (Wildman–Crippen MR) is 54.4 cm³/mol. The summed E-state index contributed by atoms with van der Waals surface area (Å²) in [4.78, 5) is 0. The molecule has 0 bridgehead atoms. The SMILES string of the molecule is NCCn1cc(-c2cccc(F)c2F)nn1. The molecule has 0 radical (unpaired) electrons. The van der Waals surface area contributed by atoms with Gasteiger partial charge in [0.05, 0.1) is 12.7 Å². The predicted octanol–water partition coefficient (Wildman–Crippen LogP) is 1.18. The Morgan fingerprint density at radius 1 is 1.31 bits per heavy atom. The fourth-order valence-corrected chi connectivity index (χ4v) is 1.36. The van der Waals surface area contributed by atoms with Crippen molar-refractivity contribution in [3.63, 3.8) is 0 Å². The third-order valence-corrected chi connectivity index (χ3v) is 2.12. The number of halogens is 2. The Balaban J connectivity index is 2.39. The molecule has 2 rings (SSSR count). The monoisotopic (exact) mass is 224 g/mol. The van der Waals surface area contributed by atoms with Crippen LogP contribution in [0.2, 0.25) is 0 Å². The summed E-state index contributed by atoms with van der Waals surface area (Å²) in [7, 11) is 0. The van der Waals surface area contributed by atoms with Gasteiger partial charge in [-0.1, -0.05) is 11.3 Å². The van der Waals surface area contributed by atoms with Crippen LogP contribution in [0, 0.1) is 11.6 Å². The van der Waals surface area contributed by atoms with Crippen LogP contribution in [0.3, 0.4) is 0 Å². The quantitative estimate of drug-likeness (QED) is 0.851. The number of hydrogen-bond acceptors (Lipinski definition) is 3. The van der Waals surface area contributed by atoms with Gasteiger partial charge in [0.1, 0.15) is 5.69 Å². The molecule has 1 aromatic carbocycles. The van der Waals surface area contributed by atoms with Crippen molar-refractivity contribution < 1.29 is 8.78 Å². The summed E-state index contributed by atoms with van der Waals surface area (Å²) in [5.41, 5.74) is 5.74. The number of nitrogens with two attached hydrogens (primary N) is 1. The van der Waals surface area contributed by atoms with Crippen LogP contribution < -0.4 is 5.73 Å². The largest absolute Gasteiger partial charge is 0.329 e. The second-order valence-corrected chi connectivity index (χ2v) is 3.26. The van der Waals surface area contributed by atoms with Gasteiger partial charge in [-0.2, -0.15) is 0 Å². The van der Waals surface area contributed by atoms with E-state index in [0.29, 0.717) is 18.8 Å². The summed E-state index contributed by atoms with van der Waals surface area (Å²) in [5.74, 6) is -1.81. The summed E-state index contributed by atoms with van der Waals surface area (Å²) >= 11 is 0. The van der Waals surface area contributed by atoms with Crippen LogP contribution in [0.4, 0.5) is 8.78 Å². The second kappa shape index (κ2) is 4.36. The molecule has 84 valence electrons. The Morgan fingerprint density at radius 3 is 2.88 bits per heavy atom. The lowest BCUT2D eigenvalue weighted by atomic mass is 10.1. The number of hydrogen-bond donors (Lipinski definition) is 1. The smallest absolute Gasteiger partial charge is 0.168 e. The summed E-state index contributed by atoms with van der Waals surface area (Å²) in [5, 5.41) is 7.51. The summed E-state index contributed by atoms with van der Waals surface area (Å²) in [6, 6.07) is 3.94. The highest BCUT2D eigenvalue weighted by Crippen LogP contribution is 2.21. The molecule has 0 aliphatic carbocycles. The van der Waals surface area contributed by atoms with Gasteiger partial charge < -0.3 is 5.73 Å². The van der Waals surface area contributed by atoms with Crippen LogP contribution in [-0.4, -0.2) is 21.5 Å². The molecule has 0 saturated carbocycles. The third kappa shape index (κ3) is 1.92. The Bertz CT molecular complexity index is 495. The topological polar surface area (TPSA) is 56.7 Å². The minimum absolute atomic E-state index is 0.100. The standard InChI is InChI=1S/C10H10F2N4/c11-8-3-1-2-7(10(8)12)9-6-16(5-4-13)15-14-9/h1-3,6H,4-5,13H2. The Labute approximate surface area is 90.7 Å². The van der Waals surface area contributed by atoms with E-state index in [4.69, 9.17) is 5.73 Å². The highest BCUT2D eigenvalue weighted by atomic mass is 19.2. The maximum Gasteiger partial charge on any atom is 0.168 e. The molecule has 0 aliphatic rings. The molecule has 1 heterocycles. The number of aromatic nitrogens is 3. The van der Waals surface area contributed by atoms with Gasteiger partial charge in [-0.25, -0.2) is 8.78 Å². The van der Waals surface area contributed by atoms with Crippen molar-refractivity contribution in [2.75, 3.05) is 6.54 Å². The molecular weight excluding hydrogens is 214 g/mol. The van der Waals surface area contributed by atoms with E-state index in [-0.39, 0.29) is 5.56 Å². The molecule has 0 amide bonds. The molecule has 0 atom stereocenters. The highest BCUT2D eigenvalue weighted by molar-refractivity contribution is 5.58. The van der Waals surface area contributed by atoms with Gasteiger partial charge in [0, 0.05) is 12.1 Å². The van der Waals surface area contributed by atoms with Crippen molar-refractivity contribution in [1.82, 2.24) is 15.0 Å². The van der Waals surface area contributed by atoms with Crippen molar-refractivity contribution in [2.24, 2.45) is 5.73 Å². The molecule has 0 aliphatic heterocycles. The molecule has 0 saturated heterocycles. The second-order valence-electron chi connectivity index (χ2n) is 3.26. The van der Waals surface area contributed by atoms with E-state index >= 15 is 0 Å². The van der Waals surface area contributed by atoms with Gasteiger partial charge in [-0.05, 0) is 12.1 Å². The Hall–Kier alpha value is -1.82. The summed E-state index contributed by atoms with van der Waals surface area (Å²) in [6.45, 7) is 0.901. The molecular formula is C10H10F2N4. The zero-order chi connectivity index (χ0) is 11.5. The lowest BCUT2D eigenvalue weighted by molar-refractivity contribution is 0.511. The summed E-state index contributed by atoms with van der Waals surface area (Å²) < 4.78 is 27.9. The minimum Gasteiger partial charge on any atom is -0.329 e. The zero-order valence-corrected chi connectivity index (χ0v) is 8.40. The Morgan fingerprint density at radius 2 is 2.12 bits per heavy atom. The number of benzene rings is 1. The number of rotatable bonds is 3. The van der Waals surface area contributed by atoms with Crippen LogP contribution in [0.1, 0.15) is 0 Å². The third-order valence-electron chi connectivity index (χ3n) is 2.12. The first-order valence-corrected chi connectivity index (χ1v) is 4.77.